The van der Waals surface area contributed by atoms with E-state index < -0.39 is 11.9 Å². The SMILES string of the molecule is C=CCc1ccccc1O.O=C(O)CCC(=O)O. The highest BCUT2D eigenvalue weighted by Gasteiger charge is 2.00. The Morgan fingerprint density at radius 1 is 1.11 bits per heavy atom. The minimum Gasteiger partial charge on any atom is -0.508 e. The first kappa shape index (κ1) is 15.7. The lowest BCUT2D eigenvalue weighted by Gasteiger charge is -1.97. The van der Waals surface area contributed by atoms with Crippen molar-refractivity contribution in [1.82, 2.24) is 0 Å². The fourth-order valence-electron chi connectivity index (χ4n) is 1.05. The third-order valence-electron chi connectivity index (χ3n) is 1.91. The van der Waals surface area contributed by atoms with Crippen LogP contribution in [0.2, 0.25) is 0 Å². The predicted octanol–water partition coefficient (Wildman–Crippen LogP) is 2.06. The van der Waals surface area contributed by atoms with E-state index in [1.807, 2.05) is 18.2 Å². The molecule has 0 bridgehead atoms. The average molecular weight is 252 g/mol. The van der Waals surface area contributed by atoms with Crippen LogP contribution in [0.3, 0.4) is 0 Å². The van der Waals surface area contributed by atoms with Crippen LogP contribution in [0.25, 0.3) is 0 Å². The minimum atomic E-state index is -1.08. The monoisotopic (exact) mass is 252 g/mol. The summed E-state index contributed by atoms with van der Waals surface area (Å²) < 4.78 is 0. The normalized spacial score (nSPS) is 8.89. The molecule has 1 rings (SSSR count). The molecule has 0 unspecified atom stereocenters. The predicted molar refractivity (Wildman–Crippen MR) is 66.5 cm³/mol. The summed E-state index contributed by atoms with van der Waals surface area (Å²) in [5, 5.41) is 25.0. The first-order chi connectivity index (χ1) is 8.47. The maximum Gasteiger partial charge on any atom is 0.303 e. The van der Waals surface area contributed by atoms with Crippen molar-refractivity contribution in [1.29, 1.82) is 0 Å². The Labute approximate surface area is 105 Å². The third kappa shape index (κ3) is 7.92. The van der Waals surface area contributed by atoms with Crippen molar-refractivity contribution in [3.05, 3.63) is 42.5 Å². The topological polar surface area (TPSA) is 94.8 Å². The number of hydrogen-bond acceptors (Lipinski definition) is 3. The summed E-state index contributed by atoms with van der Waals surface area (Å²) in [5.41, 5.74) is 0.928. The number of phenols is 1. The van der Waals surface area contributed by atoms with E-state index in [-0.39, 0.29) is 12.8 Å². The number of carbonyl (C=O) groups is 2. The van der Waals surface area contributed by atoms with E-state index in [2.05, 4.69) is 6.58 Å². The van der Waals surface area contributed by atoms with Crippen molar-refractivity contribution in [2.24, 2.45) is 0 Å². The lowest BCUT2D eigenvalue weighted by molar-refractivity contribution is -0.143. The van der Waals surface area contributed by atoms with Gasteiger partial charge >= 0.3 is 11.9 Å². The number of benzene rings is 1. The van der Waals surface area contributed by atoms with E-state index in [4.69, 9.17) is 10.2 Å². The number of aliphatic carboxylic acids is 2. The largest absolute Gasteiger partial charge is 0.508 e. The number of aromatic hydroxyl groups is 1. The van der Waals surface area contributed by atoms with E-state index >= 15 is 0 Å². The molecule has 0 atom stereocenters. The Morgan fingerprint density at radius 2 is 1.61 bits per heavy atom. The number of para-hydroxylation sites is 1. The van der Waals surface area contributed by atoms with Crippen molar-refractivity contribution < 1.29 is 24.9 Å². The zero-order chi connectivity index (χ0) is 14.0. The van der Waals surface area contributed by atoms with Gasteiger partial charge in [-0.2, -0.15) is 0 Å². The molecule has 0 saturated carbocycles. The molecule has 5 nitrogen and oxygen atoms in total. The molecule has 0 aliphatic heterocycles. The van der Waals surface area contributed by atoms with Crippen molar-refractivity contribution in [3.8, 4) is 5.75 Å². The smallest absolute Gasteiger partial charge is 0.303 e. The van der Waals surface area contributed by atoms with Crippen LogP contribution in [0.15, 0.2) is 36.9 Å². The highest BCUT2D eigenvalue weighted by Crippen LogP contribution is 2.15. The second-order valence-corrected chi connectivity index (χ2v) is 3.41. The van der Waals surface area contributed by atoms with Crippen molar-refractivity contribution in [2.75, 3.05) is 0 Å². The minimum absolute atomic E-state index is 0.296. The van der Waals surface area contributed by atoms with Gasteiger partial charge in [-0.15, -0.1) is 6.58 Å². The van der Waals surface area contributed by atoms with Gasteiger partial charge in [0.15, 0.2) is 0 Å². The van der Waals surface area contributed by atoms with Gasteiger partial charge in [-0.1, -0.05) is 24.3 Å². The van der Waals surface area contributed by atoms with Crippen molar-refractivity contribution in [2.45, 2.75) is 19.3 Å². The standard InChI is InChI=1S/C9H10O.C4H6O4/c1-2-5-8-6-3-4-7-9(8)10;5-3(6)1-2-4(7)8/h2-4,6-7,10H,1,5H2;1-2H2,(H,5,6)(H,7,8). The molecule has 98 valence electrons. The third-order valence-corrected chi connectivity index (χ3v) is 1.91. The Bertz CT molecular complexity index is 398. The van der Waals surface area contributed by atoms with Gasteiger partial charge in [0.05, 0.1) is 12.8 Å². The quantitative estimate of drug-likeness (QED) is 0.697. The van der Waals surface area contributed by atoms with E-state index in [0.717, 1.165) is 12.0 Å². The number of carboxylic acid groups (broad SMARTS) is 2. The van der Waals surface area contributed by atoms with Crippen molar-refractivity contribution in [3.63, 3.8) is 0 Å². The maximum atomic E-state index is 9.64. The molecule has 0 saturated heterocycles. The van der Waals surface area contributed by atoms with E-state index in [1.54, 1.807) is 12.1 Å². The van der Waals surface area contributed by atoms with Crippen LogP contribution in [0.5, 0.6) is 5.75 Å². The molecule has 0 amide bonds. The lowest BCUT2D eigenvalue weighted by Crippen LogP contribution is -2.00. The van der Waals surface area contributed by atoms with Gasteiger partial charge in [0.25, 0.3) is 0 Å². The number of rotatable bonds is 5. The fraction of sp³-hybridized carbons (Fsp3) is 0.231. The molecule has 1 aromatic carbocycles. The van der Waals surface area contributed by atoms with Gasteiger partial charge < -0.3 is 15.3 Å². The Balaban J connectivity index is 0.000000331. The van der Waals surface area contributed by atoms with Crippen LogP contribution in [0.1, 0.15) is 18.4 Å². The van der Waals surface area contributed by atoms with Gasteiger partial charge in [-0.05, 0) is 18.1 Å². The van der Waals surface area contributed by atoms with Gasteiger partial charge in [0, 0.05) is 0 Å². The molecule has 18 heavy (non-hydrogen) atoms. The summed E-state index contributed by atoms with van der Waals surface area (Å²) in [6.45, 7) is 3.59. The van der Waals surface area contributed by atoms with Crippen LogP contribution >= 0.6 is 0 Å². The molecule has 0 radical (unpaired) electrons. The Kier molecular flexibility index (Phi) is 7.68. The second-order valence-electron chi connectivity index (χ2n) is 3.41. The molecule has 5 heteroatoms. The number of carboxylic acids is 2. The summed E-state index contributed by atoms with van der Waals surface area (Å²) in [7, 11) is 0. The molecule has 0 aliphatic rings. The van der Waals surface area contributed by atoms with Crippen molar-refractivity contribution >= 4 is 11.9 Å². The van der Waals surface area contributed by atoms with Gasteiger partial charge in [-0.3, -0.25) is 9.59 Å². The molecule has 0 spiro atoms. The summed E-state index contributed by atoms with van der Waals surface area (Å²) in [5.74, 6) is -1.80. The van der Waals surface area contributed by atoms with E-state index in [1.165, 1.54) is 0 Å². The Hall–Kier alpha value is -2.30. The first-order valence-corrected chi connectivity index (χ1v) is 5.28. The highest BCUT2D eigenvalue weighted by molar-refractivity contribution is 5.75. The van der Waals surface area contributed by atoms with Crippen LogP contribution < -0.4 is 0 Å². The summed E-state index contributed by atoms with van der Waals surface area (Å²) >= 11 is 0. The number of hydrogen-bond donors (Lipinski definition) is 3. The lowest BCUT2D eigenvalue weighted by atomic mass is 10.1. The zero-order valence-corrected chi connectivity index (χ0v) is 9.87. The number of allylic oxidation sites excluding steroid dienone is 1. The molecular weight excluding hydrogens is 236 g/mol. The molecule has 0 aromatic heterocycles. The average Bonchev–Trinajstić information content (AvgIpc) is 2.31. The van der Waals surface area contributed by atoms with E-state index in [0.29, 0.717) is 5.75 Å². The van der Waals surface area contributed by atoms with Crippen LogP contribution in [0.4, 0.5) is 0 Å². The van der Waals surface area contributed by atoms with Crippen LogP contribution in [-0.2, 0) is 16.0 Å². The summed E-state index contributed by atoms with van der Waals surface area (Å²) in [6, 6.07) is 7.27. The molecule has 0 heterocycles. The van der Waals surface area contributed by atoms with Crippen LogP contribution in [-0.4, -0.2) is 27.3 Å². The summed E-state index contributed by atoms with van der Waals surface area (Å²) in [4.78, 5) is 19.3. The molecule has 1 aromatic rings. The van der Waals surface area contributed by atoms with Crippen LogP contribution in [0, 0.1) is 0 Å². The zero-order valence-electron chi connectivity index (χ0n) is 9.87. The Morgan fingerprint density at radius 3 is 2.00 bits per heavy atom. The van der Waals surface area contributed by atoms with Gasteiger partial charge in [-0.25, -0.2) is 0 Å². The van der Waals surface area contributed by atoms with Gasteiger partial charge in [0.2, 0.25) is 0 Å². The molecule has 0 aliphatic carbocycles. The van der Waals surface area contributed by atoms with E-state index in [9.17, 15) is 14.7 Å². The molecular formula is C13H16O5. The van der Waals surface area contributed by atoms with Gasteiger partial charge in [0.1, 0.15) is 5.75 Å². The molecule has 3 N–H and O–H groups in total. The highest BCUT2D eigenvalue weighted by atomic mass is 16.4. The number of phenolic OH excluding ortho intramolecular Hbond substituents is 1. The summed E-state index contributed by atoms with van der Waals surface area (Å²) in [6.07, 6.45) is 1.91. The first-order valence-electron chi connectivity index (χ1n) is 5.28. The molecule has 0 fully saturated rings. The maximum absolute atomic E-state index is 9.64. The fourth-order valence-corrected chi connectivity index (χ4v) is 1.05. The second kappa shape index (κ2) is 8.81.